The van der Waals surface area contributed by atoms with E-state index in [4.69, 9.17) is 0 Å². The first-order chi connectivity index (χ1) is 11.3. The molecule has 134 valence electrons. The molecule has 2 fully saturated rings. The molecule has 0 spiro atoms. The van der Waals surface area contributed by atoms with Gasteiger partial charge in [-0.05, 0) is 12.8 Å². The van der Waals surface area contributed by atoms with E-state index in [-0.39, 0.29) is 17.2 Å². The van der Waals surface area contributed by atoms with Crippen molar-refractivity contribution >= 4 is 11.8 Å². The van der Waals surface area contributed by atoms with Gasteiger partial charge >= 0.3 is 0 Å². The predicted octanol–water partition coefficient (Wildman–Crippen LogP) is 1.52. The quantitative estimate of drug-likeness (QED) is 0.849. The van der Waals surface area contributed by atoms with Gasteiger partial charge in [-0.15, -0.1) is 0 Å². The Balaban J connectivity index is 1.80. The lowest BCUT2D eigenvalue weighted by atomic mass is 9.83. The van der Waals surface area contributed by atoms with Crippen LogP contribution < -0.4 is 5.32 Å². The minimum absolute atomic E-state index is 0.0750. The zero-order valence-electron chi connectivity index (χ0n) is 15.2. The summed E-state index contributed by atoms with van der Waals surface area (Å²) in [7, 11) is 0. The van der Waals surface area contributed by atoms with E-state index >= 15 is 0 Å². The fourth-order valence-corrected chi connectivity index (χ4v) is 3.51. The van der Waals surface area contributed by atoms with E-state index < -0.39 is 5.54 Å². The van der Waals surface area contributed by atoms with Crippen molar-refractivity contribution in [1.29, 1.82) is 5.26 Å². The van der Waals surface area contributed by atoms with Crippen LogP contribution in [0.4, 0.5) is 0 Å². The van der Waals surface area contributed by atoms with Gasteiger partial charge in [-0.3, -0.25) is 14.5 Å². The number of nitrogens with zero attached hydrogens (tertiary/aromatic N) is 3. The Morgan fingerprint density at radius 1 is 1.08 bits per heavy atom. The molecule has 0 aromatic heterocycles. The molecule has 1 saturated carbocycles. The molecule has 1 aliphatic carbocycles. The van der Waals surface area contributed by atoms with Crippen molar-refractivity contribution in [1.82, 2.24) is 15.1 Å². The van der Waals surface area contributed by atoms with Crippen LogP contribution in [0.25, 0.3) is 0 Å². The monoisotopic (exact) mass is 334 g/mol. The van der Waals surface area contributed by atoms with Crippen LogP contribution in [0.3, 0.4) is 0 Å². The van der Waals surface area contributed by atoms with E-state index in [1.165, 1.54) is 0 Å². The maximum Gasteiger partial charge on any atom is 0.235 e. The lowest BCUT2D eigenvalue weighted by Crippen LogP contribution is -2.55. The number of hydrogen-bond donors (Lipinski definition) is 1. The molecule has 0 unspecified atom stereocenters. The molecule has 0 aromatic rings. The number of hydrogen-bond acceptors (Lipinski definition) is 4. The van der Waals surface area contributed by atoms with Crippen LogP contribution in [0, 0.1) is 16.7 Å². The first kappa shape index (κ1) is 18.7. The Morgan fingerprint density at radius 3 is 2.17 bits per heavy atom. The fraction of sp³-hybridized carbons (Fsp3) is 0.833. The number of rotatable bonds is 3. The fourth-order valence-electron chi connectivity index (χ4n) is 3.51. The van der Waals surface area contributed by atoms with Crippen molar-refractivity contribution < 1.29 is 9.59 Å². The standard InChI is InChI=1S/C18H30N4O2/c1-17(2,3)16(24)22-11-9-21(10-12-22)13-15(23)20-18(14-19)7-5-4-6-8-18/h4-13H2,1-3H3,(H,20,23). The molecule has 6 nitrogen and oxygen atoms in total. The summed E-state index contributed by atoms with van der Waals surface area (Å²) in [6, 6.07) is 2.32. The summed E-state index contributed by atoms with van der Waals surface area (Å²) in [6.45, 7) is 8.83. The molecule has 1 N–H and O–H groups in total. The van der Waals surface area contributed by atoms with Gasteiger partial charge in [0.05, 0.1) is 12.6 Å². The van der Waals surface area contributed by atoms with Gasteiger partial charge in [0.1, 0.15) is 5.54 Å². The zero-order chi connectivity index (χ0) is 17.8. The van der Waals surface area contributed by atoms with Crippen molar-refractivity contribution in [2.75, 3.05) is 32.7 Å². The highest BCUT2D eigenvalue weighted by Gasteiger charge is 2.34. The van der Waals surface area contributed by atoms with Crippen LogP contribution >= 0.6 is 0 Å². The maximum atomic E-state index is 12.3. The van der Waals surface area contributed by atoms with E-state index in [1.807, 2.05) is 25.7 Å². The molecule has 6 heteroatoms. The summed E-state index contributed by atoms with van der Waals surface area (Å²) in [5.74, 6) is 0.0892. The first-order valence-electron chi connectivity index (χ1n) is 9.00. The average Bonchev–Trinajstić information content (AvgIpc) is 2.55. The molecule has 1 saturated heterocycles. The van der Waals surface area contributed by atoms with Gasteiger partial charge in [0.15, 0.2) is 0 Å². The number of amides is 2. The Morgan fingerprint density at radius 2 is 1.67 bits per heavy atom. The van der Waals surface area contributed by atoms with Crippen molar-refractivity contribution in [2.45, 2.75) is 58.4 Å². The van der Waals surface area contributed by atoms with Crippen molar-refractivity contribution in [2.24, 2.45) is 5.41 Å². The normalized spacial score (nSPS) is 21.8. The van der Waals surface area contributed by atoms with E-state index in [0.717, 1.165) is 32.1 Å². The summed E-state index contributed by atoms with van der Waals surface area (Å²) in [5.41, 5.74) is -1.03. The summed E-state index contributed by atoms with van der Waals surface area (Å²) in [6.07, 6.45) is 4.65. The molecule has 2 aliphatic rings. The molecule has 0 atom stereocenters. The van der Waals surface area contributed by atoms with Gasteiger partial charge in [-0.1, -0.05) is 40.0 Å². The lowest BCUT2D eigenvalue weighted by molar-refractivity contribution is -0.141. The van der Waals surface area contributed by atoms with Crippen molar-refractivity contribution in [3.05, 3.63) is 0 Å². The van der Waals surface area contributed by atoms with Gasteiger partial charge in [0, 0.05) is 31.6 Å². The van der Waals surface area contributed by atoms with Gasteiger partial charge in [0.2, 0.25) is 11.8 Å². The highest BCUT2D eigenvalue weighted by Crippen LogP contribution is 2.27. The Kier molecular flexibility index (Phi) is 5.87. The second-order valence-corrected chi connectivity index (χ2v) is 8.12. The molecule has 0 aromatic carbocycles. The Bertz CT molecular complexity index is 504. The van der Waals surface area contributed by atoms with E-state index in [1.54, 1.807) is 0 Å². The van der Waals surface area contributed by atoms with Crippen molar-refractivity contribution in [3.63, 3.8) is 0 Å². The largest absolute Gasteiger partial charge is 0.340 e. The van der Waals surface area contributed by atoms with Crippen LogP contribution in [0.5, 0.6) is 0 Å². The molecule has 2 amide bonds. The summed E-state index contributed by atoms with van der Waals surface area (Å²) >= 11 is 0. The van der Waals surface area contributed by atoms with Gasteiger partial charge in [-0.2, -0.15) is 5.26 Å². The smallest absolute Gasteiger partial charge is 0.235 e. The van der Waals surface area contributed by atoms with Crippen LogP contribution in [0.1, 0.15) is 52.9 Å². The zero-order valence-corrected chi connectivity index (χ0v) is 15.2. The first-order valence-corrected chi connectivity index (χ1v) is 9.00. The molecular weight excluding hydrogens is 304 g/mol. The van der Waals surface area contributed by atoms with Gasteiger partial charge in [-0.25, -0.2) is 0 Å². The number of carbonyl (C=O) groups excluding carboxylic acids is 2. The summed E-state index contributed by atoms with van der Waals surface area (Å²) in [4.78, 5) is 28.6. The molecule has 24 heavy (non-hydrogen) atoms. The summed E-state index contributed by atoms with van der Waals surface area (Å²) in [5, 5.41) is 12.4. The number of nitrogens with one attached hydrogen (secondary N) is 1. The number of piperazine rings is 1. The van der Waals surface area contributed by atoms with Crippen molar-refractivity contribution in [3.8, 4) is 6.07 Å². The van der Waals surface area contributed by atoms with E-state index in [0.29, 0.717) is 32.7 Å². The highest BCUT2D eigenvalue weighted by atomic mass is 16.2. The molecule has 1 aliphatic heterocycles. The Hall–Kier alpha value is -1.61. The molecule has 1 heterocycles. The third kappa shape index (κ3) is 4.70. The number of nitriles is 1. The molecular formula is C18H30N4O2. The second-order valence-electron chi connectivity index (χ2n) is 8.12. The predicted molar refractivity (Wildman–Crippen MR) is 92.0 cm³/mol. The van der Waals surface area contributed by atoms with Crippen LogP contribution in [0.15, 0.2) is 0 Å². The molecule has 0 radical (unpaired) electrons. The SMILES string of the molecule is CC(C)(C)C(=O)N1CCN(CC(=O)NC2(C#N)CCCCC2)CC1. The lowest BCUT2D eigenvalue weighted by Gasteiger charge is -2.38. The average molecular weight is 334 g/mol. The van der Waals surface area contributed by atoms with Gasteiger partial charge < -0.3 is 10.2 Å². The summed E-state index contributed by atoms with van der Waals surface area (Å²) < 4.78 is 0. The van der Waals surface area contributed by atoms with Crippen LogP contribution in [-0.2, 0) is 9.59 Å². The topological polar surface area (TPSA) is 76.4 Å². The highest BCUT2D eigenvalue weighted by molar-refractivity contribution is 5.82. The molecule has 0 bridgehead atoms. The number of carbonyl (C=O) groups is 2. The molecule has 2 rings (SSSR count). The third-order valence-corrected chi connectivity index (χ3v) is 4.97. The maximum absolute atomic E-state index is 12.3. The minimum atomic E-state index is -0.667. The van der Waals surface area contributed by atoms with E-state index in [2.05, 4.69) is 16.3 Å². The van der Waals surface area contributed by atoms with Gasteiger partial charge in [0.25, 0.3) is 0 Å². The second kappa shape index (κ2) is 7.52. The van der Waals surface area contributed by atoms with E-state index in [9.17, 15) is 14.9 Å². The minimum Gasteiger partial charge on any atom is -0.340 e. The third-order valence-electron chi connectivity index (χ3n) is 4.97. The van der Waals surface area contributed by atoms with Crippen LogP contribution in [0.2, 0.25) is 0 Å². The van der Waals surface area contributed by atoms with Crippen LogP contribution in [-0.4, -0.2) is 59.9 Å². The Labute approximate surface area is 145 Å².